The number of ether oxygens (including phenoxy) is 1. The number of carbonyl (C=O) groups is 1. The van der Waals surface area contributed by atoms with E-state index >= 15 is 0 Å². The summed E-state index contributed by atoms with van der Waals surface area (Å²) in [5, 5.41) is 3.82. The average Bonchev–Trinajstić information content (AvgIpc) is 3.08. The first kappa shape index (κ1) is 17.8. The first-order valence-electron chi connectivity index (χ1n) is 7.70. The van der Waals surface area contributed by atoms with Gasteiger partial charge in [-0.15, -0.1) is 0 Å². The second-order valence-electron chi connectivity index (χ2n) is 5.59. The molecule has 26 heavy (non-hydrogen) atoms. The van der Waals surface area contributed by atoms with E-state index in [1.807, 2.05) is 0 Å². The molecule has 0 saturated carbocycles. The van der Waals surface area contributed by atoms with Crippen molar-refractivity contribution >= 4 is 15.6 Å². The van der Waals surface area contributed by atoms with Crippen LogP contribution in [0.15, 0.2) is 62.3 Å². The molecule has 0 bridgehead atoms. The third kappa shape index (κ3) is 3.80. The fraction of sp³-hybridized carbons (Fsp3) is 0.167. The highest BCUT2D eigenvalue weighted by molar-refractivity contribution is 7.93. The molecule has 0 saturated heterocycles. The quantitative estimate of drug-likeness (QED) is 0.698. The van der Waals surface area contributed by atoms with Crippen LogP contribution in [0.5, 0.6) is 5.75 Å². The van der Waals surface area contributed by atoms with Gasteiger partial charge in [0.1, 0.15) is 5.75 Å². The number of amides is 1. The summed E-state index contributed by atoms with van der Waals surface area (Å²) in [7, 11) is -1.37. The summed E-state index contributed by atoms with van der Waals surface area (Å²) < 4.78 is 26.8. The Morgan fingerprint density at radius 2 is 1.92 bits per heavy atom. The number of rotatable bonds is 4. The van der Waals surface area contributed by atoms with Crippen LogP contribution in [-0.4, -0.2) is 33.6 Å². The van der Waals surface area contributed by atoms with E-state index in [4.69, 9.17) is 9.26 Å². The van der Waals surface area contributed by atoms with Crippen molar-refractivity contribution in [2.45, 2.75) is 11.8 Å². The molecule has 134 valence electrons. The third-order valence-corrected chi connectivity index (χ3v) is 5.30. The first-order chi connectivity index (χ1) is 12.4. The lowest BCUT2D eigenvalue weighted by molar-refractivity contribution is 0.100. The largest absolute Gasteiger partial charge is 0.497 e. The van der Waals surface area contributed by atoms with Gasteiger partial charge in [0.25, 0.3) is 5.91 Å². The predicted molar refractivity (Wildman–Crippen MR) is 96.6 cm³/mol. The third-order valence-electron chi connectivity index (χ3n) is 3.65. The molecule has 0 N–H and O–H groups in total. The zero-order valence-corrected chi connectivity index (χ0v) is 15.3. The molecule has 1 atom stereocenters. The minimum Gasteiger partial charge on any atom is -0.497 e. The average molecular weight is 371 g/mol. The number of nitrogens with zero attached hydrogens (tertiary/aromatic N) is 3. The Bertz CT molecular complexity index is 1060. The highest BCUT2D eigenvalue weighted by atomic mass is 32.2. The van der Waals surface area contributed by atoms with E-state index in [1.54, 1.807) is 55.5 Å². The van der Waals surface area contributed by atoms with E-state index in [0.717, 1.165) is 0 Å². The van der Waals surface area contributed by atoms with Gasteiger partial charge in [0.05, 0.1) is 21.7 Å². The molecule has 0 radical (unpaired) electrons. The van der Waals surface area contributed by atoms with Gasteiger partial charge < -0.3 is 9.26 Å². The second-order valence-corrected chi connectivity index (χ2v) is 7.85. The van der Waals surface area contributed by atoms with E-state index in [1.165, 1.54) is 13.4 Å². The maximum atomic E-state index is 12.9. The van der Waals surface area contributed by atoms with Crippen LogP contribution in [0, 0.1) is 6.92 Å². The lowest BCUT2D eigenvalue weighted by Gasteiger charge is -2.06. The van der Waals surface area contributed by atoms with Gasteiger partial charge in [0, 0.05) is 24.3 Å². The highest BCUT2D eigenvalue weighted by Crippen LogP contribution is 2.20. The molecule has 0 aliphatic heterocycles. The summed E-state index contributed by atoms with van der Waals surface area (Å²) in [6.45, 7) is 1.70. The molecule has 3 rings (SSSR count). The van der Waals surface area contributed by atoms with Crippen molar-refractivity contribution < 1.29 is 18.3 Å². The van der Waals surface area contributed by atoms with E-state index in [-0.39, 0.29) is 0 Å². The number of hydrogen-bond donors (Lipinski definition) is 0. The van der Waals surface area contributed by atoms with Crippen LogP contribution in [0.2, 0.25) is 0 Å². The number of aryl methyl sites for hydroxylation is 1. The van der Waals surface area contributed by atoms with Crippen LogP contribution in [0.25, 0.3) is 11.4 Å². The molecule has 1 heterocycles. The molecule has 2 aromatic carbocycles. The molecule has 8 heteroatoms. The van der Waals surface area contributed by atoms with Gasteiger partial charge >= 0.3 is 0 Å². The zero-order valence-electron chi connectivity index (χ0n) is 14.5. The molecule has 1 amide bonds. The number of carbonyl (C=O) groups excluding carboxylic acids is 1. The predicted octanol–water partition coefficient (Wildman–Crippen LogP) is 3.35. The van der Waals surface area contributed by atoms with Crippen LogP contribution in [0.3, 0.4) is 0 Å². The summed E-state index contributed by atoms with van der Waals surface area (Å²) in [5.74, 6) is 0.893. The van der Waals surface area contributed by atoms with Crippen molar-refractivity contribution in [2.24, 2.45) is 4.36 Å². The fourth-order valence-electron chi connectivity index (χ4n) is 2.28. The normalized spacial score (nSPS) is 13.0. The standard InChI is InChI=1S/C18H17N3O4S/c1-12-19-17(20-25-12)13-7-9-14(10-8-13)18(22)21-26(3,23)16-6-4-5-15(11-16)24-2/h4-11H,1-3H3. The lowest BCUT2D eigenvalue weighted by Crippen LogP contribution is -2.04. The summed E-state index contributed by atoms with van der Waals surface area (Å²) in [6.07, 6.45) is 1.43. The van der Waals surface area contributed by atoms with Gasteiger partial charge in [0.15, 0.2) is 0 Å². The van der Waals surface area contributed by atoms with Crippen molar-refractivity contribution in [3.63, 3.8) is 0 Å². The van der Waals surface area contributed by atoms with Crippen molar-refractivity contribution in [2.75, 3.05) is 13.4 Å². The van der Waals surface area contributed by atoms with Crippen molar-refractivity contribution in [1.82, 2.24) is 10.1 Å². The van der Waals surface area contributed by atoms with Crippen LogP contribution >= 0.6 is 0 Å². The fourth-order valence-corrected chi connectivity index (χ4v) is 3.47. The molecule has 0 aliphatic carbocycles. The van der Waals surface area contributed by atoms with Crippen LogP contribution in [0.1, 0.15) is 16.2 Å². The van der Waals surface area contributed by atoms with E-state index in [2.05, 4.69) is 14.5 Å². The smallest absolute Gasteiger partial charge is 0.285 e. The molecular formula is C18H17N3O4S. The Hall–Kier alpha value is -3.00. The van der Waals surface area contributed by atoms with Gasteiger partial charge in [-0.1, -0.05) is 23.4 Å². The van der Waals surface area contributed by atoms with Gasteiger partial charge in [-0.25, -0.2) is 4.21 Å². The molecule has 0 spiro atoms. The zero-order chi connectivity index (χ0) is 18.7. The maximum Gasteiger partial charge on any atom is 0.285 e. The van der Waals surface area contributed by atoms with Crippen molar-refractivity contribution in [3.8, 4) is 17.1 Å². The molecule has 1 unspecified atom stereocenters. The molecular weight excluding hydrogens is 354 g/mol. The van der Waals surface area contributed by atoms with Gasteiger partial charge in [-0.3, -0.25) is 4.79 Å². The summed E-state index contributed by atoms with van der Waals surface area (Å²) in [5.41, 5.74) is 1.04. The number of methoxy groups -OCH3 is 1. The van der Waals surface area contributed by atoms with Crippen molar-refractivity contribution in [3.05, 3.63) is 60.0 Å². The first-order valence-corrected chi connectivity index (χ1v) is 9.63. The maximum absolute atomic E-state index is 12.9. The van der Waals surface area contributed by atoms with Gasteiger partial charge in [-0.05, 0) is 30.3 Å². The number of benzene rings is 2. The SMILES string of the molecule is COc1cccc(S(C)(=O)=NC(=O)c2ccc(-c3noc(C)n3)cc2)c1. The Morgan fingerprint density at radius 1 is 1.19 bits per heavy atom. The minimum atomic E-state index is -2.89. The van der Waals surface area contributed by atoms with E-state index < -0.39 is 15.6 Å². The second kappa shape index (κ2) is 7.09. The highest BCUT2D eigenvalue weighted by Gasteiger charge is 2.13. The van der Waals surface area contributed by atoms with E-state index in [0.29, 0.717) is 33.5 Å². The summed E-state index contributed by atoms with van der Waals surface area (Å²) >= 11 is 0. The Kier molecular flexibility index (Phi) is 4.85. The Morgan fingerprint density at radius 3 is 2.54 bits per heavy atom. The van der Waals surface area contributed by atoms with Gasteiger partial charge in [0.2, 0.25) is 11.7 Å². The molecule has 7 nitrogen and oxygen atoms in total. The minimum absolute atomic E-state index is 0.325. The van der Waals surface area contributed by atoms with Crippen LogP contribution in [0.4, 0.5) is 0 Å². The molecule has 0 aliphatic rings. The van der Waals surface area contributed by atoms with Crippen LogP contribution < -0.4 is 4.74 Å². The number of hydrogen-bond acceptors (Lipinski definition) is 6. The van der Waals surface area contributed by atoms with Crippen molar-refractivity contribution in [1.29, 1.82) is 0 Å². The monoisotopic (exact) mass is 371 g/mol. The molecule has 1 aromatic heterocycles. The summed E-state index contributed by atoms with van der Waals surface area (Å²) in [6, 6.07) is 13.3. The van der Waals surface area contributed by atoms with E-state index in [9.17, 15) is 9.00 Å². The number of aromatic nitrogens is 2. The topological polar surface area (TPSA) is 94.7 Å². The van der Waals surface area contributed by atoms with Crippen LogP contribution in [-0.2, 0) is 9.73 Å². The lowest BCUT2D eigenvalue weighted by atomic mass is 10.1. The summed E-state index contributed by atoms with van der Waals surface area (Å²) in [4.78, 5) is 17.0. The molecule has 3 aromatic rings. The molecule has 0 fully saturated rings. The Balaban J connectivity index is 1.88. The Labute approximate surface area is 151 Å². The van der Waals surface area contributed by atoms with Gasteiger partial charge in [-0.2, -0.15) is 9.35 Å².